The van der Waals surface area contributed by atoms with Crippen molar-refractivity contribution in [2.75, 3.05) is 18.5 Å². The standard InChI is InChI=1S/C22H22N4O3S/c1-15-12-24-22(30-15)25-21(27)23-13-17-11-18(29-26-17)14-28-20-10-6-5-9-19(20)16-7-3-2-4-8-16/h2-10,12,18H,11,13-14H2,1H3,(H2,23,24,25,27). The van der Waals surface area contributed by atoms with Crippen LogP contribution in [0.2, 0.25) is 0 Å². The van der Waals surface area contributed by atoms with Crippen LogP contribution in [0.25, 0.3) is 11.1 Å². The van der Waals surface area contributed by atoms with Gasteiger partial charge in [-0.25, -0.2) is 9.78 Å². The molecule has 30 heavy (non-hydrogen) atoms. The lowest BCUT2D eigenvalue weighted by atomic mass is 10.0. The maximum absolute atomic E-state index is 12.0. The highest BCUT2D eigenvalue weighted by molar-refractivity contribution is 7.15. The molecule has 3 aromatic rings. The second kappa shape index (κ2) is 9.41. The van der Waals surface area contributed by atoms with Gasteiger partial charge in [-0.2, -0.15) is 0 Å². The first-order valence-electron chi connectivity index (χ1n) is 9.63. The molecule has 8 heteroatoms. The van der Waals surface area contributed by atoms with Gasteiger partial charge in [-0.05, 0) is 18.6 Å². The Hall–Kier alpha value is -3.39. The first-order chi connectivity index (χ1) is 14.7. The maximum Gasteiger partial charge on any atom is 0.321 e. The van der Waals surface area contributed by atoms with Crippen LogP contribution in [0.4, 0.5) is 9.93 Å². The molecule has 0 radical (unpaired) electrons. The number of amides is 2. The van der Waals surface area contributed by atoms with E-state index in [-0.39, 0.29) is 12.1 Å². The van der Waals surface area contributed by atoms with Gasteiger partial charge in [-0.1, -0.05) is 53.7 Å². The lowest BCUT2D eigenvalue weighted by Gasteiger charge is -2.14. The van der Waals surface area contributed by atoms with Crippen LogP contribution in [-0.2, 0) is 4.84 Å². The molecule has 1 atom stereocenters. The SMILES string of the molecule is Cc1cnc(NC(=O)NCC2=NOC(COc3ccccc3-c3ccccc3)C2)s1. The van der Waals surface area contributed by atoms with Gasteiger partial charge in [0.25, 0.3) is 0 Å². The number of thiazole rings is 1. The van der Waals surface area contributed by atoms with Gasteiger partial charge in [-0.15, -0.1) is 11.3 Å². The van der Waals surface area contributed by atoms with Gasteiger partial charge >= 0.3 is 6.03 Å². The molecule has 0 saturated heterocycles. The van der Waals surface area contributed by atoms with Gasteiger partial charge < -0.3 is 14.9 Å². The Morgan fingerprint density at radius 2 is 2.00 bits per heavy atom. The van der Waals surface area contributed by atoms with E-state index in [0.29, 0.717) is 24.7 Å². The fourth-order valence-electron chi connectivity index (χ4n) is 3.05. The Labute approximate surface area is 178 Å². The Morgan fingerprint density at radius 3 is 2.80 bits per heavy atom. The van der Waals surface area contributed by atoms with E-state index in [1.165, 1.54) is 11.3 Å². The van der Waals surface area contributed by atoms with Crippen LogP contribution in [0, 0.1) is 6.92 Å². The summed E-state index contributed by atoms with van der Waals surface area (Å²) in [5, 5.41) is 10.1. The Kier molecular flexibility index (Phi) is 6.24. The number of aryl methyl sites for hydroxylation is 1. The Balaban J connectivity index is 1.24. The highest BCUT2D eigenvalue weighted by Gasteiger charge is 2.22. The van der Waals surface area contributed by atoms with Crippen LogP contribution in [0.1, 0.15) is 11.3 Å². The van der Waals surface area contributed by atoms with Crippen molar-refractivity contribution in [1.82, 2.24) is 10.3 Å². The summed E-state index contributed by atoms with van der Waals surface area (Å²) in [5.41, 5.74) is 2.90. The van der Waals surface area contributed by atoms with E-state index in [1.54, 1.807) is 6.20 Å². The highest BCUT2D eigenvalue weighted by atomic mass is 32.1. The molecule has 2 amide bonds. The number of ether oxygens (including phenoxy) is 1. The molecule has 1 aromatic heterocycles. The summed E-state index contributed by atoms with van der Waals surface area (Å²) < 4.78 is 6.03. The largest absolute Gasteiger partial charge is 0.489 e. The van der Waals surface area contributed by atoms with Crippen LogP contribution in [-0.4, -0.2) is 36.0 Å². The molecule has 1 aliphatic rings. The van der Waals surface area contributed by atoms with Crippen molar-refractivity contribution in [3.63, 3.8) is 0 Å². The molecule has 2 aromatic carbocycles. The quantitative estimate of drug-likeness (QED) is 0.589. The summed E-state index contributed by atoms with van der Waals surface area (Å²) in [6.07, 6.45) is 2.13. The minimum atomic E-state index is -0.316. The van der Waals surface area contributed by atoms with Crippen molar-refractivity contribution < 1.29 is 14.4 Å². The van der Waals surface area contributed by atoms with E-state index in [0.717, 1.165) is 27.5 Å². The maximum atomic E-state index is 12.0. The predicted octanol–water partition coefficient (Wildman–Crippen LogP) is 4.46. The molecule has 1 unspecified atom stereocenters. The molecule has 2 N–H and O–H groups in total. The normalized spacial score (nSPS) is 15.2. The van der Waals surface area contributed by atoms with Crippen LogP contribution in [0.3, 0.4) is 0 Å². The third-order valence-corrected chi connectivity index (χ3v) is 5.31. The first kappa shape index (κ1) is 19.9. The average Bonchev–Trinajstić information content (AvgIpc) is 3.40. The number of nitrogens with zero attached hydrogens (tertiary/aromatic N) is 2. The molecule has 0 aliphatic carbocycles. The van der Waals surface area contributed by atoms with Gasteiger partial charge in [0, 0.05) is 23.1 Å². The van der Waals surface area contributed by atoms with Gasteiger partial charge in [0.15, 0.2) is 11.2 Å². The van der Waals surface area contributed by atoms with Crippen molar-refractivity contribution in [2.45, 2.75) is 19.4 Å². The molecule has 4 rings (SSSR count). The number of benzene rings is 2. The molecule has 7 nitrogen and oxygen atoms in total. The summed E-state index contributed by atoms with van der Waals surface area (Å²) in [5.74, 6) is 0.803. The number of carbonyl (C=O) groups is 1. The lowest BCUT2D eigenvalue weighted by molar-refractivity contribution is 0.0472. The zero-order valence-electron chi connectivity index (χ0n) is 16.5. The number of para-hydroxylation sites is 1. The fourth-order valence-corrected chi connectivity index (χ4v) is 3.71. The summed E-state index contributed by atoms with van der Waals surface area (Å²) in [6, 6.07) is 17.7. The minimum Gasteiger partial charge on any atom is -0.489 e. The highest BCUT2D eigenvalue weighted by Crippen LogP contribution is 2.30. The van der Waals surface area contributed by atoms with Crippen molar-refractivity contribution in [1.29, 1.82) is 0 Å². The second-order valence-electron chi connectivity index (χ2n) is 6.85. The van der Waals surface area contributed by atoms with E-state index in [9.17, 15) is 4.79 Å². The number of hydrogen-bond acceptors (Lipinski definition) is 6. The molecule has 154 valence electrons. The zero-order chi connectivity index (χ0) is 20.8. The van der Waals surface area contributed by atoms with Crippen molar-refractivity contribution in [3.05, 3.63) is 65.7 Å². The Morgan fingerprint density at radius 1 is 1.20 bits per heavy atom. The summed E-state index contributed by atoms with van der Waals surface area (Å²) >= 11 is 1.42. The number of anilines is 1. The Bertz CT molecular complexity index is 1040. The minimum absolute atomic E-state index is 0.185. The number of nitrogens with one attached hydrogen (secondary N) is 2. The molecule has 0 bridgehead atoms. The van der Waals surface area contributed by atoms with Gasteiger partial charge in [0.05, 0.1) is 12.3 Å². The van der Waals surface area contributed by atoms with Crippen molar-refractivity contribution in [2.24, 2.45) is 5.16 Å². The predicted molar refractivity (Wildman–Crippen MR) is 118 cm³/mol. The summed E-state index contributed by atoms with van der Waals surface area (Å²) in [6.45, 7) is 2.63. The number of aromatic nitrogens is 1. The molecule has 0 fully saturated rings. The molecular formula is C22H22N4O3S. The average molecular weight is 423 g/mol. The zero-order valence-corrected chi connectivity index (χ0v) is 17.3. The summed E-state index contributed by atoms with van der Waals surface area (Å²) in [7, 11) is 0. The number of rotatable bonds is 7. The number of oxime groups is 1. The fraction of sp³-hybridized carbons (Fsp3) is 0.227. The molecule has 1 aliphatic heterocycles. The number of carbonyl (C=O) groups excluding carboxylic acids is 1. The van der Waals surface area contributed by atoms with Crippen LogP contribution in [0.5, 0.6) is 5.75 Å². The van der Waals surface area contributed by atoms with E-state index in [2.05, 4.69) is 32.9 Å². The lowest BCUT2D eigenvalue weighted by Crippen LogP contribution is -2.33. The van der Waals surface area contributed by atoms with E-state index < -0.39 is 0 Å². The first-order valence-corrected chi connectivity index (χ1v) is 10.4. The van der Waals surface area contributed by atoms with Gasteiger partial charge in [-0.3, -0.25) is 5.32 Å². The second-order valence-corrected chi connectivity index (χ2v) is 8.08. The number of hydrogen-bond donors (Lipinski definition) is 2. The van der Waals surface area contributed by atoms with Crippen molar-refractivity contribution >= 4 is 28.2 Å². The van der Waals surface area contributed by atoms with Gasteiger partial charge in [0.1, 0.15) is 12.4 Å². The number of urea groups is 1. The van der Waals surface area contributed by atoms with E-state index in [1.807, 2.05) is 49.4 Å². The molecule has 0 saturated carbocycles. The smallest absolute Gasteiger partial charge is 0.321 e. The van der Waals surface area contributed by atoms with E-state index in [4.69, 9.17) is 9.57 Å². The van der Waals surface area contributed by atoms with Crippen LogP contribution < -0.4 is 15.4 Å². The molecular weight excluding hydrogens is 400 g/mol. The topological polar surface area (TPSA) is 84.8 Å². The third-order valence-electron chi connectivity index (χ3n) is 4.49. The van der Waals surface area contributed by atoms with Crippen LogP contribution >= 0.6 is 11.3 Å². The van der Waals surface area contributed by atoms with Gasteiger partial charge in [0.2, 0.25) is 0 Å². The van der Waals surface area contributed by atoms with E-state index >= 15 is 0 Å². The van der Waals surface area contributed by atoms with Crippen LogP contribution in [0.15, 0.2) is 65.9 Å². The summed E-state index contributed by atoms with van der Waals surface area (Å²) in [4.78, 5) is 22.6. The molecule has 0 spiro atoms. The van der Waals surface area contributed by atoms with Crippen molar-refractivity contribution in [3.8, 4) is 16.9 Å². The third kappa shape index (κ3) is 5.15. The molecule has 2 heterocycles. The monoisotopic (exact) mass is 422 g/mol.